The Morgan fingerprint density at radius 3 is 1.03 bits per heavy atom. The Morgan fingerprint density at radius 2 is 0.712 bits per heavy atom. The monoisotopic (exact) mass is 844 g/mol. The first-order valence-electron chi connectivity index (χ1n) is 17.8. The minimum atomic E-state index is -2.49. The maximum absolute atomic E-state index is 12.7. The zero-order valence-corrected chi connectivity index (χ0v) is 35.3. The van der Waals surface area contributed by atoms with E-state index in [9.17, 15) is 19.2 Å². The third kappa shape index (κ3) is 11.5. The number of methoxy groups -OCH3 is 4. The topological polar surface area (TPSA) is 161 Å². The van der Waals surface area contributed by atoms with E-state index in [2.05, 4.69) is 0 Å². The van der Waals surface area contributed by atoms with Crippen LogP contribution < -0.4 is 41.6 Å². The van der Waals surface area contributed by atoms with Gasteiger partial charge >= 0.3 is 17.2 Å². The highest BCUT2D eigenvalue weighted by molar-refractivity contribution is 7.43. The molecule has 0 amide bonds. The average molecular weight is 845 g/mol. The molecule has 0 radical (unpaired) electrons. The van der Waals surface area contributed by atoms with Crippen molar-refractivity contribution in [2.45, 2.75) is 34.3 Å². The third-order valence-corrected chi connectivity index (χ3v) is 10.5. The van der Waals surface area contributed by atoms with Crippen molar-refractivity contribution in [3.8, 4) is 51.7 Å². The summed E-state index contributed by atoms with van der Waals surface area (Å²) >= 11 is 0. The molecule has 0 saturated heterocycles. The van der Waals surface area contributed by atoms with Gasteiger partial charge in [-0.3, -0.25) is 23.7 Å². The molecule has 0 aliphatic carbocycles. The molecule has 308 valence electrons. The summed E-state index contributed by atoms with van der Waals surface area (Å²) < 4.78 is 59.5. The van der Waals surface area contributed by atoms with Crippen molar-refractivity contribution >= 4 is 40.3 Å². The molecule has 5 rings (SSSR count). The van der Waals surface area contributed by atoms with Gasteiger partial charge in [0.25, 0.3) is 0 Å². The van der Waals surface area contributed by atoms with Gasteiger partial charge in [0.1, 0.15) is 51.7 Å². The molecule has 0 spiro atoms. The zero-order chi connectivity index (χ0) is 42.6. The molecule has 16 heteroatoms. The molecule has 0 N–H and O–H groups in total. The van der Waals surface area contributed by atoms with Crippen LogP contribution >= 0.6 is 17.2 Å². The summed E-state index contributed by atoms with van der Waals surface area (Å²) in [5, 5.41) is 0. The Hall–Kier alpha value is -6.20. The standard InChI is InChI=1S/C43H42O14P2/c1-26(44)35-17-13-31(48-5)21-40(35)54-58(55-41-22-32(49-6)14-18-36(41)27(2)45)52-25-30-11-9-10-12-39(30)53-59(56-42-23-33(50-7)15-19-37(42)28(3)46)57-43-24-34(51-8)16-20-38(43)29(4)47/h9-24H,25H2,1-8H3. The third-order valence-electron chi connectivity index (χ3n) is 8.43. The number of hydrogen-bond donors (Lipinski definition) is 0. The van der Waals surface area contributed by atoms with E-state index in [0.717, 1.165) is 0 Å². The van der Waals surface area contributed by atoms with E-state index in [-0.39, 0.29) is 80.7 Å². The predicted octanol–water partition coefficient (Wildman–Crippen LogP) is 10.2. The number of carbonyl (C=O) groups is 4. The van der Waals surface area contributed by atoms with Crippen LogP contribution in [0.5, 0.6) is 51.7 Å². The van der Waals surface area contributed by atoms with Crippen LogP contribution in [0.1, 0.15) is 74.7 Å². The highest BCUT2D eigenvalue weighted by Crippen LogP contribution is 2.49. The Bertz CT molecular complexity index is 2190. The summed E-state index contributed by atoms with van der Waals surface area (Å²) in [6.07, 6.45) is 0. The van der Waals surface area contributed by atoms with Gasteiger partial charge < -0.3 is 41.6 Å². The molecule has 0 unspecified atom stereocenters. The summed E-state index contributed by atoms with van der Waals surface area (Å²) in [6, 6.07) is 25.6. The Kier molecular flexibility index (Phi) is 15.2. The van der Waals surface area contributed by atoms with Gasteiger partial charge in [0.05, 0.1) is 57.3 Å². The number of carbonyl (C=O) groups excluding carboxylic acids is 4. The zero-order valence-electron chi connectivity index (χ0n) is 33.6. The fourth-order valence-electron chi connectivity index (χ4n) is 5.35. The highest BCUT2D eigenvalue weighted by atomic mass is 31.2. The maximum atomic E-state index is 12.7. The summed E-state index contributed by atoms with van der Waals surface area (Å²) in [7, 11) is 0.967. The molecule has 0 saturated carbocycles. The van der Waals surface area contributed by atoms with Crippen molar-refractivity contribution in [2.24, 2.45) is 0 Å². The number of ether oxygens (including phenoxy) is 4. The smallest absolute Gasteiger partial charge is 0.497 e. The van der Waals surface area contributed by atoms with Crippen LogP contribution in [-0.2, 0) is 11.1 Å². The molecule has 14 nitrogen and oxygen atoms in total. The molecular weight excluding hydrogens is 802 g/mol. The molecule has 0 aliphatic rings. The van der Waals surface area contributed by atoms with Crippen molar-refractivity contribution in [3.63, 3.8) is 0 Å². The van der Waals surface area contributed by atoms with Gasteiger partial charge in [-0.05, 0) is 82.3 Å². The first kappa shape index (κ1) is 43.9. The van der Waals surface area contributed by atoms with Crippen molar-refractivity contribution in [1.29, 1.82) is 0 Å². The fraction of sp³-hybridized carbons (Fsp3) is 0.209. The normalized spacial score (nSPS) is 10.7. The number of Topliss-reactive ketones (excluding diaryl/α,β-unsaturated/α-hetero) is 4. The van der Waals surface area contributed by atoms with Crippen molar-refractivity contribution in [2.75, 3.05) is 28.4 Å². The van der Waals surface area contributed by atoms with E-state index in [4.69, 9.17) is 46.1 Å². The van der Waals surface area contributed by atoms with Gasteiger partial charge in [0.15, 0.2) is 23.1 Å². The Labute approximate surface area is 344 Å². The molecule has 0 atom stereocenters. The van der Waals surface area contributed by atoms with Crippen LogP contribution in [0.2, 0.25) is 0 Å². The van der Waals surface area contributed by atoms with Gasteiger partial charge in [-0.25, -0.2) is 0 Å². The Balaban J connectivity index is 1.54. The Morgan fingerprint density at radius 1 is 0.407 bits per heavy atom. The van der Waals surface area contributed by atoms with Crippen LogP contribution in [0.15, 0.2) is 97.1 Å². The molecule has 5 aromatic carbocycles. The SMILES string of the molecule is COc1ccc(C(C)=O)c(OP(OCc2ccccc2OP(Oc2cc(OC)ccc2C(C)=O)Oc2cc(OC)ccc2C(C)=O)Oc2cc(OC)ccc2C(C)=O)c1. The van der Waals surface area contributed by atoms with Crippen LogP contribution in [0, 0.1) is 0 Å². The number of ketones is 4. The fourth-order valence-corrected chi connectivity index (χ4v) is 7.43. The number of benzene rings is 5. The molecule has 0 aromatic heterocycles. The predicted molar refractivity (Wildman–Crippen MR) is 220 cm³/mol. The highest BCUT2D eigenvalue weighted by Gasteiger charge is 2.28. The lowest BCUT2D eigenvalue weighted by atomic mass is 10.1. The molecule has 59 heavy (non-hydrogen) atoms. The van der Waals surface area contributed by atoms with Crippen LogP contribution in [0.25, 0.3) is 0 Å². The summed E-state index contributed by atoms with van der Waals surface area (Å²) in [4.78, 5) is 50.7. The number of para-hydroxylation sites is 1. The van der Waals surface area contributed by atoms with Crippen molar-refractivity contribution in [1.82, 2.24) is 0 Å². The number of hydrogen-bond acceptors (Lipinski definition) is 14. The minimum absolute atomic E-state index is 0.105. The van der Waals surface area contributed by atoms with Gasteiger partial charge in [-0.2, -0.15) is 0 Å². The van der Waals surface area contributed by atoms with E-state index in [1.807, 2.05) is 0 Å². The van der Waals surface area contributed by atoms with Crippen LogP contribution in [-0.4, -0.2) is 51.6 Å². The first-order chi connectivity index (χ1) is 28.3. The largest absolute Gasteiger partial charge is 0.530 e. The quantitative estimate of drug-likeness (QED) is 0.0507. The maximum Gasteiger partial charge on any atom is 0.530 e. The lowest BCUT2D eigenvalue weighted by molar-refractivity contribution is 0.100. The lowest BCUT2D eigenvalue weighted by Gasteiger charge is -2.23. The molecule has 0 bridgehead atoms. The van der Waals surface area contributed by atoms with Crippen LogP contribution in [0.4, 0.5) is 0 Å². The lowest BCUT2D eigenvalue weighted by Crippen LogP contribution is -2.09. The first-order valence-corrected chi connectivity index (χ1v) is 20.0. The van der Waals surface area contributed by atoms with Crippen LogP contribution in [0.3, 0.4) is 0 Å². The van der Waals surface area contributed by atoms with E-state index in [0.29, 0.717) is 28.6 Å². The minimum Gasteiger partial charge on any atom is -0.497 e. The summed E-state index contributed by atoms with van der Waals surface area (Å²) in [5.74, 6) is 1.13. The number of rotatable bonds is 21. The summed E-state index contributed by atoms with van der Waals surface area (Å²) in [6.45, 7) is 5.35. The van der Waals surface area contributed by atoms with E-state index >= 15 is 0 Å². The molecule has 0 fully saturated rings. The van der Waals surface area contributed by atoms with Gasteiger partial charge in [-0.15, -0.1) is 0 Å². The van der Waals surface area contributed by atoms with E-state index in [1.165, 1.54) is 80.4 Å². The second-order valence-corrected chi connectivity index (χ2v) is 14.5. The summed E-state index contributed by atoms with van der Waals surface area (Å²) in [5.41, 5.74) is 1.37. The van der Waals surface area contributed by atoms with Gasteiger partial charge in [-0.1, -0.05) is 18.2 Å². The molecule has 0 heterocycles. The van der Waals surface area contributed by atoms with Crippen molar-refractivity contribution < 1.29 is 65.3 Å². The van der Waals surface area contributed by atoms with Gasteiger partial charge in [0, 0.05) is 29.8 Å². The van der Waals surface area contributed by atoms with E-state index < -0.39 is 17.2 Å². The second kappa shape index (κ2) is 20.5. The van der Waals surface area contributed by atoms with E-state index in [1.54, 1.807) is 72.8 Å². The second-order valence-electron chi connectivity index (χ2n) is 12.5. The molecule has 5 aromatic rings. The average Bonchev–Trinajstić information content (AvgIpc) is 3.22. The van der Waals surface area contributed by atoms with Crippen molar-refractivity contribution in [3.05, 3.63) is 125 Å². The molecule has 0 aliphatic heterocycles. The molecular formula is C43H42O14P2. The van der Waals surface area contributed by atoms with Gasteiger partial charge in [0.2, 0.25) is 0 Å².